The van der Waals surface area contributed by atoms with Gasteiger partial charge in [-0.3, -0.25) is 14.4 Å². The van der Waals surface area contributed by atoms with Crippen molar-refractivity contribution in [1.82, 2.24) is 15.2 Å². The van der Waals surface area contributed by atoms with Gasteiger partial charge in [-0.05, 0) is 18.9 Å². The zero-order valence-corrected chi connectivity index (χ0v) is 11.5. The number of H-pyrrole nitrogens is 1. The van der Waals surface area contributed by atoms with Crippen molar-refractivity contribution >= 4 is 11.8 Å². The SMILES string of the molecule is O=C(NC1CC1)C1COCCN1C(=O)c1cccc(=O)[nH]1. The van der Waals surface area contributed by atoms with Crippen molar-refractivity contribution in [2.24, 2.45) is 0 Å². The molecule has 1 aliphatic heterocycles. The lowest BCUT2D eigenvalue weighted by molar-refractivity contribution is -0.130. The molecule has 7 nitrogen and oxygen atoms in total. The highest BCUT2D eigenvalue weighted by molar-refractivity contribution is 5.96. The summed E-state index contributed by atoms with van der Waals surface area (Å²) in [7, 11) is 0. The molecule has 1 saturated heterocycles. The number of aromatic amines is 1. The van der Waals surface area contributed by atoms with Crippen LogP contribution < -0.4 is 10.9 Å². The van der Waals surface area contributed by atoms with Gasteiger partial charge in [0, 0.05) is 18.7 Å². The van der Waals surface area contributed by atoms with Gasteiger partial charge in [0.05, 0.1) is 13.2 Å². The molecular weight excluding hydrogens is 274 g/mol. The highest BCUT2D eigenvalue weighted by Crippen LogP contribution is 2.20. The van der Waals surface area contributed by atoms with Crippen molar-refractivity contribution in [1.29, 1.82) is 0 Å². The summed E-state index contributed by atoms with van der Waals surface area (Å²) in [6.07, 6.45) is 1.97. The van der Waals surface area contributed by atoms with E-state index in [1.165, 1.54) is 23.1 Å². The number of hydrogen-bond donors (Lipinski definition) is 2. The number of ether oxygens (including phenoxy) is 1. The molecule has 1 aromatic rings. The molecule has 3 rings (SSSR count). The summed E-state index contributed by atoms with van der Waals surface area (Å²) in [5.74, 6) is -0.546. The minimum atomic E-state index is -0.643. The standard InChI is InChI=1S/C14H17N3O4/c18-12-3-1-2-10(16-12)14(20)17-6-7-21-8-11(17)13(19)15-9-4-5-9/h1-3,9,11H,4-8H2,(H,15,19)(H,16,18). The largest absolute Gasteiger partial charge is 0.377 e. The van der Waals surface area contributed by atoms with E-state index in [-0.39, 0.29) is 35.7 Å². The van der Waals surface area contributed by atoms with E-state index in [0.717, 1.165) is 12.8 Å². The number of amides is 2. The van der Waals surface area contributed by atoms with E-state index in [0.29, 0.717) is 13.2 Å². The van der Waals surface area contributed by atoms with Crippen LogP contribution >= 0.6 is 0 Å². The van der Waals surface area contributed by atoms with Crippen molar-refractivity contribution in [2.45, 2.75) is 24.9 Å². The van der Waals surface area contributed by atoms with Gasteiger partial charge in [-0.25, -0.2) is 0 Å². The van der Waals surface area contributed by atoms with Gasteiger partial charge in [0.1, 0.15) is 11.7 Å². The average molecular weight is 291 g/mol. The molecule has 1 atom stereocenters. The number of hydrogen-bond acceptors (Lipinski definition) is 4. The van der Waals surface area contributed by atoms with Crippen molar-refractivity contribution in [3.63, 3.8) is 0 Å². The van der Waals surface area contributed by atoms with E-state index >= 15 is 0 Å². The fraction of sp³-hybridized carbons (Fsp3) is 0.500. The summed E-state index contributed by atoms with van der Waals surface area (Å²) in [5, 5.41) is 2.89. The molecule has 2 heterocycles. The number of pyridine rings is 1. The third-order valence-corrected chi connectivity index (χ3v) is 3.61. The Morgan fingerprint density at radius 1 is 1.33 bits per heavy atom. The average Bonchev–Trinajstić information content (AvgIpc) is 3.30. The van der Waals surface area contributed by atoms with Crippen LogP contribution in [-0.2, 0) is 9.53 Å². The normalized spacial score (nSPS) is 21.9. The monoisotopic (exact) mass is 291 g/mol. The number of nitrogens with zero attached hydrogens (tertiary/aromatic N) is 1. The van der Waals surface area contributed by atoms with E-state index in [2.05, 4.69) is 10.3 Å². The molecule has 7 heteroatoms. The third kappa shape index (κ3) is 3.13. The third-order valence-electron chi connectivity index (χ3n) is 3.61. The van der Waals surface area contributed by atoms with Crippen LogP contribution in [0.5, 0.6) is 0 Å². The lowest BCUT2D eigenvalue weighted by Gasteiger charge is -2.34. The first-order valence-electron chi connectivity index (χ1n) is 7.03. The van der Waals surface area contributed by atoms with Gasteiger partial charge in [-0.2, -0.15) is 0 Å². The summed E-state index contributed by atoms with van der Waals surface area (Å²) >= 11 is 0. The molecule has 0 radical (unpaired) electrons. The highest BCUT2D eigenvalue weighted by atomic mass is 16.5. The summed E-state index contributed by atoms with van der Waals surface area (Å²) in [6.45, 7) is 0.899. The van der Waals surface area contributed by atoms with Crippen molar-refractivity contribution in [3.05, 3.63) is 34.2 Å². The molecule has 2 amide bonds. The van der Waals surface area contributed by atoms with Gasteiger partial charge < -0.3 is 19.9 Å². The summed E-state index contributed by atoms with van der Waals surface area (Å²) in [4.78, 5) is 40.0. The Labute approximate surface area is 121 Å². The molecule has 2 aliphatic rings. The smallest absolute Gasteiger partial charge is 0.271 e. The maximum atomic E-state index is 12.5. The van der Waals surface area contributed by atoms with Gasteiger partial charge in [0.25, 0.3) is 5.91 Å². The van der Waals surface area contributed by atoms with Gasteiger partial charge in [-0.15, -0.1) is 0 Å². The zero-order chi connectivity index (χ0) is 14.8. The van der Waals surface area contributed by atoms with Crippen LogP contribution in [0, 0.1) is 0 Å². The van der Waals surface area contributed by atoms with Crippen LogP contribution in [0.4, 0.5) is 0 Å². The Hall–Kier alpha value is -2.15. The van der Waals surface area contributed by atoms with Crippen molar-refractivity contribution in [2.75, 3.05) is 19.8 Å². The lowest BCUT2D eigenvalue weighted by atomic mass is 10.2. The van der Waals surface area contributed by atoms with Crippen LogP contribution in [0.15, 0.2) is 23.0 Å². The minimum Gasteiger partial charge on any atom is -0.377 e. The number of aromatic nitrogens is 1. The lowest BCUT2D eigenvalue weighted by Crippen LogP contribution is -2.56. The number of rotatable bonds is 3. The molecule has 0 aromatic carbocycles. The topological polar surface area (TPSA) is 91.5 Å². The molecule has 2 fully saturated rings. The second kappa shape index (κ2) is 5.69. The van der Waals surface area contributed by atoms with E-state index in [4.69, 9.17) is 4.74 Å². The van der Waals surface area contributed by atoms with Crippen LogP contribution in [0.3, 0.4) is 0 Å². The van der Waals surface area contributed by atoms with Crippen LogP contribution in [-0.4, -0.2) is 53.5 Å². The Balaban J connectivity index is 1.78. The molecule has 112 valence electrons. The number of carbonyl (C=O) groups is 2. The highest BCUT2D eigenvalue weighted by Gasteiger charge is 2.36. The molecule has 0 spiro atoms. The van der Waals surface area contributed by atoms with Crippen LogP contribution in [0.25, 0.3) is 0 Å². The molecule has 1 saturated carbocycles. The molecule has 21 heavy (non-hydrogen) atoms. The van der Waals surface area contributed by atoms with Gasteiger partial charge in [0.2, 0.25) is 11.5 Å². The molecule has 2 N–H and O–H groups in total. The molecule has 1 unspecified atom stereocenters. The quantitative estimate of drug-likeness (QED) is 0.785. The molecular formula is C14H17N3O4. The van der Waals surface area contributed by atoms with Crippen molar-refractivity contribution in [3.8, 4) is 0 Å². The first kappa shape index (κ1) is 13.8. The Morgan fingerprint density at radius 2 is 2.14 bits per heavy atom. The second-order valence-electron chi connectivity index (χ2n) is 5.30. The van der Waals surface area contributed by atoms with Gasteiger partial charge in [-0.1, -0.05) is 6.07 Å². The fourth-order valence-corrected chi connectivity index (χ4v) is 2.32. The van der Waals surface area contributed by atoms with E-state index in [1.807, 2.05) is 0 Å². The molecule has 1 aliphatic carbocycles. The van der Waals surface area contributed by atoms with Crippen molar-refractivity contribution < 1.29 is 14.3 Å². The maximum absolute atomic E-state index is 12.5. The van der Waals surface area contributed by atoms with Gasteiger partial charge >= 0.3 is 0 Å². The first-order valence-corrected chi connectivity index (χ1v) is 7.03. The number of carbonyl (C=O) groups excluding carboxylic acids is 2. The van der Waals surface area contributed by atoms with E-state index < -0.39 is 6.04 Å². The van der Waals surface area contributed by atoms with Crippen LogP contribution in [0.2, 0.25) is 0 Å². The first-order chi connectivity index (χ1) is 10.1. The fourth-order valence-electron chi connectivity index (χ4n) is 2.32. The minimum absolute atomic E-state index is 0.182. The number of nitrogens with one attached hydrogen (secondary N) is 2. The Kier molecular flexibility index (Phi) is 3.74. The van der Waals surface area contributed by atoms with Crippen LogP contribution in [0.1, 0.15) is 23.3 Å². The zero-order valence-electron chi connectivity index (χ0n) is 11.5. The number of morpholine rings is 1. The van der Waals surface area contributed by atoms with E-state index in [1.54, 1.807) is 0 Å². The predicted octanol–water partition coefficient (Wildman–Crippen LogP) is -0.506. The molecule has 0 bridgehead atoms. The predicted molar refractivity (Wildman–Crippen MR) is 73.9 cm³/mol. The summed E-state index contributed by atoms with van der Waals surface area (Å²) < 4.78 is 5.32. The summed E-state index contributed by atoms with van der Waals surface area (Å²) in [5.41, 5.74) is -0.151. The maximum Gasteiger partial charge on any atom is 0.271 e. The Bertz CT molecular complexity index is 608. The van der Waals surface area contributed by atoms with E-state index in [9.17, 15) is 14.4 Å². The second-order valence-corrected chi connectivity index (χ2v) is 5.30. The molecule has 1 aromatic heterocycles. The summed E-state index contributed by atoms with van der Waals surface area (Å²) in [6, 6.07) is 3.98. The van der Waals surface area contributed by atoms with Gasteiger partial charge in [0.15, 0.2) is 0 Å². The Morgan fingerprint density at radius 3 is 2.86 bits per heavy atom.